The predicted molar refractivity (Wildman–Crippen MR) is 171 cm³/mol. The van der Waals surface area contributed by atoms with Crippen LogP contribution in [0.15, 0.2) is 94.9 Å². The summed E-state index contributed by atoms with van der Waals surface area (Å²) < 4.78 is 22.9. The lowest BCUT2D eigenvalue weighted by molar-refractivity contribution is 0.531. The largest absolute Gasteiger partial charge is 0.446 e. The number of amidine groups is 3. The van der Waals surface area contributed by atoms with E-state index < -0.39 is 6.02 Å². The van der Waals surface area contributed by atoms with Crippen LogP contribution in [0.2, 0.25) is 0 Å². The van der Waals surface area contributed by atoms with E-state index in [1.807, 2.05) is 78.9 Å². The van der Waals surface area contributed by atoms with Gasteiger partial charge in [0.05, 0.1) is 0 Å². The summed E-state index contributed by atoms with van der Waals surface area (Å²) in [6.07, 6.45) is 4.53. The highest BCUT2D eigenvalue weighted by atomic mass is 16.5. The van der Waals surface area contributed by atoms with Gasteiger partial charge in [-0.2, -0.15) is 4.99 Å². The van der Waals surface area contributed by atoms with Crippen LogP contribution in [0.25, 0.3) is 33.2 Å². The molecule has 0 atom stereocenters. The molecule has 0 spiro atoms. The third kappa shape index (κ3) is 4.80. The number of fused-ring (bicyclic) bond motifs is 3. The molecular weight excluding hydrogens is 556 g/mol. The first kappa shape index (κ1) is 26.6. The lowest BCUT2D eigenvalue weighted by Crippen LogP contribution is -2.30. The van der Waals surface area contributed by atoms with E-state index >= 15 is 0 Å². The molecule has 5 aromatic carbocycles. The van der Waals surface area contributed by atoms with Crippen LogP contribution in [0, 0.1) is 16.2 Å². The summed E-state index contributed by atoms with van der Waals surface area (Å²) >= 11 is 0. The molecule has 10 nitrogen and oxygen atoms in total. The normalized spacial score (nSPS) is 13.6. The maximum absolute atomic E-state index is 8.37. The Hall–Kier alpha value is -6.29. The van der Waals surface area contributed by atoms with Crippen molar-refractivity contribution < 1.29 is 18.9 Å². The van der Waals surface area contributed by atoms with E-state index in [0.717, 1.165) is 49.5 Å². The molecule has 1 aliphatic carbocycles. The molecule has 0 radical (unpaired) electrons. The molecular formula is C34H24N6O4. The lowest BCUT2D eigenvalue weighted by Gasteiger charge is -2.13. The molecule has 0 saturated carbocycles. The molecule has 0 bridgehead atoms. The maximum Gasteiger partial charge on any atom is 0.316 e. The Labute approximate surface area is 250 Å². The van der Waals surface area contributed by atoms with Crippen LogP contribution in [0.3, 0.4) is 0 Å². The van der Waals surface area contributed by atoms with Crippen LogP contribution in [-0.4, -0.2) is 30.7 Å². The summed E-state index contributed by atoms with van der Waals surface area (Å²) in [6, 6.07) is 25.8. The number of benzene rings is 5. The van der Waals surface area contributed by atoms with Crippen LogP contribution in [-0.2, 0) is 6.42 Å². The molecule has 10 heteroatoms. The van der Waals surface area contributed by atoms with Gasteiger partial charge in [-0.15, -0.1) is 0 Å². The number of hydrogen-bond acceptors (Lipinski definition) is 8. The Morgan fingerprint density at radius 3 is 2.34 bits per heavy atom. The average molecular weight is 581 g/mol. The summed E-state index contributed by atoms with van der Waals surface area (Å²) in [5.41, 5.74) is 7.97. The molecule has 2 aliphatic rings. The Morgan fingerprint density at radius 2 is 1.59 bits per heavy atom. The van der Waals surface area contributed by atoms with Gasteiger partial charge in [-0.1, -0.05) is 48.5 Å². The molecule has 44 heavy (non-hydrogen) atoms. The molecule has 214 valence electrons. The number of ether oxygens (including phenoxy) is 4. The van der Waals surface area contributed by atoms with E-state index in [2.05, 4.69) is 9.98 Å². The number of nitrogens with zero attached hydrogens (tertiary/aromatic N) is 2. The van der Waals surface area contributed by atoms with Gasteiger partial charge < -0.3 is 24.7 Å². The maximum atomic E-state index is 8.37. The standard InChI is InChI=1S/C34H24N6O4/c35-17-41-27-9-1-5-19-13-20-6-2-10-28(24(20)15-23(19)27)42-18-39-32-26-16-25-21(7-3-11-29(25)43-33(36)37)14-22-8-4-12-30(31(22)26)44-34(38)40-32/h1-15,17-18,35,38H,16H2,(H3,36,37)/b35-17?,38-34?,39-18+. The second-order valence-corrected chi connectivity index (χ2v) is 10.0. The van der Waals surface area contributed by atoms with Crippen LogP contribution in [0.1, 0.15) is 11.1 Å². The van der Waals surface area contributed by atoms with E-state index in [1.165, 1.54) is 6.40 Å². The van der Waals surface area contributed by atoms with Crippen molar-refractivity contribution in [2.24, 2.45) is 15.7 Å². The SMILES string of the molecule is N=COc1cccc2cc3cccc(O/C=N/C4=NC(=N)Oc5cccc6c5=C4Cc4c(cccc4OC(=N)N)C=6)c3cc12. The van der Waals surface area contributed by atoms with E-state index in [4.69, 9.17) is 40.9 Å². The minimum atomic E-state index is -0.420. The summed E-state index contributed by atoms with van der Waals surface area (Å²) in [7, 11) is 0. The Morgan fingerprint density at radius 1 is 0.886 bits per heavy atom. The third-order valence-electron chi connectivity index (χ3n) is 7.44. The Balaban J connectivity index is 1.32. The smallest absolute Gasteiger partial charge is 0.316 e. The van der Waals surface area contributed by atoms with E-state index in [1.54, 1.807) is 12.1 Å². The lowest BCUT2D eigenvalue weighted by atomic mass is 9.98. The molecule has 0 fully saturated rings. The first-order chi connectivity index (χ1) is 21.5. The molecule has 5 aromatic rings. The van der Waals surface area contributed by atoms with Gasteiger partial charge in [-0.3, -0.25) is 10.8 Å². The van der Waals surface area contributed by atoms with Crippen molar-refractivity contribution in [1.82, 2.24) is 0 Å². The predicted octanol–water partition coefficient (Wildman–Crippen LogP) is 4.62. The Kier molecular flexibility index (Phi) is 6.55. The summed E-state index contributed by atoms with van der Waals surface area (Å²) in [6.45, 7) is 0. The second kappa shape index (κ2) is 10.8. The summed E-state index contributed by atoms with van der Waals surface area (Å²) in [4.78, 5) is 9.00. The van der Waals surface area contributed by atoms with E-state index in [0.29, 0.717) is 35.0 Å². The van der Waals surface area contributed by atoms with Crippen LogP contribution in [0.4, 0.5) is 0 Å². The van der Waals surface area contributed by atoms with Crippen molar-refractivity contribution >= 4 is 63.9 Å². The average Bonchev–Trinajstić information content (AvgIpc) is 3.26. The molecule has 0 aromatic heterocycles. The quantitative estimate of drug-likeness (QED) is 0.135. The minimum absolute atomic E-state index is 0.243. The number of nitrogens with one attached hydrogen (secondary N) is 3. The molecule has 7 rings (SSSR count). The van der Waals surface area contributed by atoms with Crippen molar-refractivity contribution in [3.05, 3.63) is 106 Å². The third-order valence-corrected chi connectivity index (χ3v) is 7.44. The van der Waals surface area contributed by atoms with Gasteiger partial charge in [-0.05, 0) is 64.0 Å². The van der Waals surface area contributed by atoms with E-state index in [9.17, 15) is 0 Å². The summed E-state index contributed by atoms with van der Waals surface area (Å²) in [5.74, 6) is 2.30. The van der Waals surface area contributed by atoms with Crippen molar-refractivity contribution in [3.8, 4) is 23.0 Å². The van der Waals surface area contributed by atoms with Crippen LogP contribution >= 0.6 is 0 Å². The van der Waals surface area contributed by atoms with Crippen molar-refractivity contribution in [2.45, 2.75) is 6.42 Å². The monoisotopic (exact) mass is 580 g/mol. The van der Waals surface area contributed by atoms with Crippen LogP contribution in [0.5, 0.6) is 23.0 Å². The fraction of sp³-hybridized carbons (Fsp3) is 0.0294. The molecule has 0 amide bonds. The molecule has 0 unspecified atom stereocenters. The van der Waals surface area contributed by atoms with Gasteiger partial charge in [0.1, 0.15) is 23.0 Å². The summed E-state index contributed by atoms with van der Waals surface area (Å²) in [5, 5.41) is 28.7. The minimum Gasteiger partial charge on any atom is -0.446 e. The fourth-order valence-electron chi connectivity index (χ4n) is 5.62. The molecule has 1 heterocycles. The van der Waals surface area contributed by atoms with Gasteiger partial charge in [0.15, 0.2) is 18.6 Å². The fourth-order valence-corrected chi connectivity index (χ4v) is 5.62. The highest BCUT2D eigenvalue weighted by molar-refractivity contribution is 6.23. The number of rotatable bonds is 5. The van der Waals surface area contributed by atoms with Gasteiger partial charge in [-0.25, -0.2) is 10.4 Å². The number of nitrogens with two attached hydrogens (primary N) is 1. The second-order valence-electron chi connectivity index (χ2n) is 10.0. The zero-order valence-electron chi connectivity index (χ0n) is 23.1. The molecule has 0 saturated heterocycles. The zero-order chi connectivity index (χ0) is 30.2. The highest BCUT2D eigenvalue weighted by Gasteiger charge is 2.23. The Bertz CT molecular complexity index is 2240. The number of hydrogen-bond donors (Lipinski definition) is 4. The van der Waals surface area contributed by atoms with Gasteiger partial charge in [0, 0.05) is 33.5 Å². The van der Waals surface area contributed by atoms with E-state index in [-0.39, 0.29) is 11.9 Å². The molecule has 1 aliphatic heterocycles. The van der Waals surface area contributed by atoms with Crippen LogP contribution < -0.4 is 35.1 Å². The highest BCUT2D eigenvalue weighted by Crippen LogP contribution is 2.34. The number of aliphatic imine (C=N–C) groups is 2. The van der Waals surface area contributed by atoms with Crippen molar-refractivity contribution in [2.75, 3.05) is 0 Å². The van der Waals surface area contributed by atoms with Crippen molar-refractivity contribution in [1.29, 1.82) is 16.2 Å². The zero-order valence-corrected chi connectivity index (χ0v) is 23.1. The van der Waals surface area contributed by atoms with Gasteiger partial charge >= 0.3 is 6.02 Å². The topological polar surface area (TPSA) is 159 Å². The van der Waals surface area contributed by atoms with Gasteiger partial charge in [0.2, 0.25) is 0 Å². The first-order valence-corrected chi connectivity index (χ1v) is 13.6. The van der Waals surface area contributed by atoms with Crippen molar-refractivity contribution in [3.63, 3.8) is 0 Å². The van der Waals surface area contributed by atoms with Gasteiger partial charge in [0.25, 0.3) is 6.02 Å². The first-order valence-electron chi connectivity index (χ1n) is 13.6. The molecule has 5 N–H and O–H groups in total.